The lowest BCUT2D eigenvalue weighted by atomic mass is 10.2. The van der Waals surface area contributed by atoms with E-state index in [0.29, 0.717) is 18.7 Å². The van der Waals surface area contributed by atoms with Crippen molar-refractivity contribution in [1.29, 1.82) is 0 Å². The number of carbonyl (C=O) groups excluding carboxylic acids is 1. The van der Waals surface area contributed by atoms with Crippen molar-refractivity contribution in [2.45, 2.75) is 31.3 Å². The lowest BCUT2D eigenvalue weighted by molar-refractivity contribution is 0.0802. The molecule has 2 aromatic rings. The van der Waals surface area contributed by atoms with Crippen molar-refractivity contribution >= 4 is 15.9 Å². The van der Waals surface area contributed by atoms with E-state index in [4.69, 9.17) is 0 Å². The van der Waals surface area contributed by atoms with Gasteiger partial charge in [-0.1, -0.05) is 6.07 Å². The lowest BCUT2D eigenvalue weighted by Crippen LogP contribution is -2.36. The highest BCUT2D eigenvalue weighted by molar-refractivity contribution is 7.89. The first-order chi connectivity index (χ1) is 11.3. The van der Waals surface area contributed by atoms with Gasteiger partial charge in [0.05, 0.1) is 11.4 Å². The topological polar surface area (TPSA) is 97.2 Å². The molecule has 0 radical (unpaired) electrons. The van der Waals surface area contributed by atoms with Crippen LogP contribution in [0.5, 0.6) is 0 Å². The van der Waals surface area contributed by atoms with Crippen molar-refractivity contribution < 1.29 is 13.2 Å². The number of nitrogens with zero attached hydrogens (tertiary/aromatic N) is 4. The highest BCUT2D eigenvalue weighted by Crippen LogP contribution is 2.13. The molecule has 1 aromatic carbocycles. The van der Waals surface area contributed by atoms with Gasteiger partial charge in [0, 0.05) is 25.2 Å². The van der Waals surface area contributed by atoms with Crippen LogP contribution in [0.2, 0.25) is 0 Å². The van der Waals surface area contributed by atoms with Gasteiger partial charge in [0.2, 0.25) is 10.0 Å². The molecule has 0 spiro atoms. The fourth-order valence-corrected chi connectivity index (χ4v) is 3.42. The number of aromatic nitrogens is 3. The van der Waals surface area contributed by atoms with Crippen LogP contribution in [-0.2, 0) is 16.6 Å². The fourth-order valence-electron chi connectivity index (χ4n) is 2.14. The summed E-state index contributed by atoms with van der Waals surface area (Å²) in [5.41, 5.74) is 0.339. The maximum atomic E-state index is 12.5. The van der Waals surface area contributed by atoms with Crippen molar-refractivity contribution in [1.82, 2.24) is 24.4 Å². The normalized spacial score (nSPS) is 12.8. The minimum atomic E-state index is -3.73. The molecule has 0 fully saturated rings. The van der Waals surface area contributed by atoms with E-state index in [9.17, 15) is 13.2 Å². The Kier molecular flexibility index (Phi) is 5.68. The smallest absolute Gasteiger partial charge is 0.253 e. The van der Waals surface area contributed by atoms with E-state index in [1.54, 1.807) is 30.8 Å². The molecule has 1 heterocycles. The van der Waals surface area contributed by atoms with Crippen LogP contribution in [0, 0.1) is 0 Å². The zero-order valence-electron chi connectivity index (χ0n) is 13.9. The van der Waals surface area contributed by atoms with E-state index in [1.807, 2.05) is 6.92 Å². The second-order valence-corrected chi connectivity index (χ2v) is 7.20. The van der Waals surface area contributed by atoms with Gasteiger partial charge in [0.15, 0.2) is 0 Å². The highest BCUT2D eigenvalue weighted by Gasteiger charge is 2.20. The third-order valence-corrected chi connectivity index (χ3v) is 5.08. The van der Waals surface area contributed by atoms with Gasteiger partial charge in [-0.2, -0.15) is 5.10 Å². The van der Waals surface area contributed by atoms with Gasteiger partial charge in [0.25, 0.3) is 5.91 Å². The van der Waals surface area contributed by atoms with Gasteiger partial charge in [-0.3, -0.25) is 9.48 Å². The summed E-state index contributed by atoms with van der Waals surface area (Å²) < 4.78 is 29.1. The van der Waals surface area contributed by atoms with Gasteiger partial charge in [-0.15, -0.1) is 0 Å². The van der Waals surface area contributed by atoms with Crippen molar-refractivity contribution in [3.63, 3.8) is 0 Å². The molecular formula is C15H21N5O3S. The summed E-state index contributed by atoms with van der Waals surface area (Å²) in [5.74, 6) is -0.217. The number of hydrogen-bond donors (Lipinski definition) is 1. The molecule has 0 unspecified atom stereocenters. The molecule has 0 saturated heterocycles. The largest absolute Gasteiger partial charge is 0.342 e. The van der Waals surface area contributed by atoms with E-state index in [-0.39, 0.29) is 16.8 Å². The van der Waals surface area contributed by atoms with E-state index in [2.05, 4.69) is 14.8 Å². The number of carbonyl (C=O) groups is 1. The van der Waals surface area contributed by atoms with Crippen molar-refractivity contribution in [2.75, 3.05) is 13.6 Å². The van der Waals surface area contributed by atoms with Crippen LogP contribution in [0.25, 0.3) is 0 Å². The zero-order chi connectivity index (χ0) is 17.7. The minimum absolute atomic E-state index is 0.0586. The molecule has 1 aromatic heterocycles. The predicted octanol–water partition coefficient (Wildman–Crippen LogP) is 0.737. The van der Waals surface area contributed by atoms with Crippen LogP contribution in [0.15, 0.2) is 41.8 Å². The Hall–Kier alpha value is -2.26. The quantitative estimate of drug-likeness (QED) is 0.793. The number of hydrogen-bond acceptors (Lipinski definition) is 5. The highest BCUT2D eigenvalue weighted by atomic mass is 32.2. The Bertz CT molecular complexity index is 789. The van der Waals surface area contributed by atoms with Gasteiger partial charge < -0.3 is 4.90 Å². The van der Waals surface area contributed by atoms with Gasteiger partial charge in [-0.25, -0.2) is 18.1 Å². The molecule has 130 valence electrons. The minimum Gasteiger partial charge on any atom is -0.342 e. The Morgan fingerprint density at radius 3 is 2.79 bits per heavy atom. The average molecular weight is 351 g/mol. The lowest BCUT2D eigenvalue weighted by Gasteiger charge is -2.16. The first kappa shape index (κ1) is 18.1. The number of amides is 1. The number of benzene rings is 1. The van der Waals surface area contributed by atoms with Gasteiger partial charge in [-0.05, 0) is 32.0 Å². The second-order valence-electron chi connectivity index (χ2n) is 5.49. The van der Waals surface area contributed by atoms with Crippen LogP contribution in [0.1, 0.15) is 24.2 Å². The Morgan fingerprint density at radius 2 is 2.17 bits per heavy atom. The van der Waals surface area contributed by atoms with Crippen molar-refractivity contribution in [3.8, 4) is 0 Å². The first-order valence-corrected chi connectivity index (χ1v) is 9.02. The van der Waals surface area contributed by atoms with Crippen LogP contribution in [0.3, 0.4) is 0 Å². The molecular weight excluding hydrogens is 330 g/mol. The summed E-state index contributed by atoms with van der Waals surface area (Å²) in [5, 5.41) is 3.95. The molecule has 0 aliphatic rings. The van der Waals surface area contributed by atoms with E-state index in [1.165, 1.54) is 29.7 Å². The standard InChI is InChI=1S/C15H21N5O3S/c1-4-19(3)15(21)13-6-5-7-14(8-13)24(22,23)18-12(2)9-20-11-16-10-17-20/h5-8,10-12,18H,4,9H2,1-3H3/t12-/m0/s1. The monoisotopic (exact) mass is 351 g/mol. The van der Waals surface area contributed by atoms with Gasteiger partial charge in [0.1, 0.15) is 12.7 Å². The summed E-state index contributed by atoms with van der Waals surface area (Å²) in [7, 11) is -2.06. The molecule has 1 N–H and O–H groups in total. The summed E-state index contributed by atoms with van der Waals surface area (Å²) in [6, 6.07) is 5.64. The van der Waals surface area contributed by atoms with Crippen molar-refractivity contribution in [2.24, 2.45) is 0 Å². The molecule has 1 atom stereocenters. The summed E-state index contributed by atoms with van der Waals surface area (Å²) in [6.07, 6.45) is 2.91. The molecule has 0 aliphatic carbocycles. The molecule has 2 rings (SSSR count). The first-order valence-electron chi connectivity index (χ1n) is 7.53. The molecule has 0 saturated carbocycles. The maximum Gasteiger partial charge on any atom is 0.253 e. The Morgan fingerprint density at radius 1 is 1.42 bits per heavy atom. The van der Waals surface area contributed by atoms with Crippen LogP contribution in [0.4, 0.5) is 0 Å². The van der Waals surface area contributed by atoms with E-state index in [0.717, 1.165) is 0 Å². The van der Waals surface area contributed by atoms with E-state index < -0.39 is 10.0 Å². The molecule has 0 bridgehead atoms. The molecule has 8 nitrogen and oxygen atoms in total. The van der Waals surface area contributed by atoms with Crippen molar-refractivity contribution in [3.05, 3.63) is 42.5 Å². The summed E-state index contributed by atoms with van der Waals surface area (Å²) >= 11 is 0. The maximum absolute atomic E-state index is 12.5. The third kappa shape index (κ3) is 4.39. The number of rotatable bonds is 7. The summed E-state index contributed by atoms with van der Waals surface area (Å²) in [4.78, 5) is 17.6. The fraction of sp³-hybridized carbons (Fsp3) is 0.400. The predicted molar refractivity (Wildman–Crippen MR) is 88.9 cm³/mol. The molecule has 1 amide bonds. The van der Waals surface area contributed by atoms with Crippen LogP contribution < -0.4 is 4.72 Å². The summed E-state index contributed by atoms with van der Waals surface area (Å²) in [6.45, 7) is 4.49. The number of sulfonamides is 1. The third-order valence-electron chi connectivity index (χ3n) is 3.50. The second kappa shape index (κ2) is 7.54. The van der Waals surface area contributed by atoms with Crippen LogP contribution >= 0.6 is 0 Å². The average Bonchev–Trinajstić information content (AvgIpc) is 3.05. The Balaban J connectivity index is 2.15. The molecule has 24 heavy (non-hydrogen) atoms. The molecule has 9 heteroatoms. The zero-order valence-corrected chi connectivity index (χ0v) is 14.7. The van der Waals surface area contributed by atoms with E-state index >= 15 is 0 Å². The molecule has 0 aliphatic heterocycles. The Labute approximate surface area is 141 Å². The van der Waals surface area contributed by atoms with Gasteiger partial charge >= 0.3 is 0 Å². The number of nitrogens with one attached hydrogen (secondary N) is 1. The van der Waals surface area contributed by atoms with Crippen LogP contribution in [-0.4, -0.2) is 53.6 Å². The SMILES string of the molecule is CCN(C)C(=O)c1cccc(S(=O)(=O)N[C@@H](C)Cn2cncn2)c1.